The fourth-order valence-electron chi connectivity index (χ4n) is 8.50. The molecule has 1 aliphatic heterocycles. The van der Waals surface area contributed by atoms with E-state index in [4.69, 9.17) is 14.7 Å². The molecule has 0 spiro atoms. The highest BCUT2D eigenvalue weighted by atomic mass is 16.5. The van der Waals surface area contributed by atoms with Crippen molar-refractivity contribution in [2.75, 3.05) is 0 Å². The number of para-hydroxylation sites is 3. The van der Waals surface area contributed by atoms with Crippen LogP contribution < -0.4 is 4.74 Å². The summed E-state index contributed by atoms with van der Waals surface area (Å²) < 4.78 is 10.9. The van der Waals surface area contributed by atoms with Crippen LogP contribution in [0.25, 0.3) is 99.3 Å². The molecule has 0 saturated carbocycles. The summed E-state index contributed by atoms with van der Waals surface area (Å²) in [6.07, 6.45) is 0. The van der Waals surface area contributed by atoms with E-state index in [1.807, 2.05) is 30.3 Å². The third kappa shape index (κ3) is 4.07. The lowest BCUT2D eigenvalue weighted by atomic mass is 10.00. The lowest BCUT2D eigenvalue weighted by molar-refractivity contribution is 0.486. The predicted octanol–water partition coefficient (Wildman–Crippen LogP) is 12.4. The topological polar surface area (TPSA) is 44.9 Å². The van der Waals surface area contributed by atoms with Gasteiger partial charge in [-0.1, -0.05) is 91.0 Å². The highest BCUT2D eigenvalue weighted by Gasteiger charge is 2.25. The van der Waals surface area contributed by atoms with Gasteiger partial charge in [-0.05, 0) is 101 Å². The van der Waals surface area contributed by atoms with Gasteiger partial charge in [-0.3, -0.25) is 4.57 Å². The summed E-state index contributed by atoms with van der Waals surface area (Å²) in [5.41, 5.74) is 10.7. The monoisotopic (exact) mass is 676 g/mol. The van der Waals surface area contributed by atoms with Crippen LogP contribution in [0.15, 0.2) is 170 Å². The Labute approximate surface area is 303 Å². The van der Waals surface area contributed by atoms with Gasteiger partial charge in [0.15, 0.2) is 0 Å². The summed E-state index contributed by atoms with van der Waals surface area (Å²) in [5.74, 6) is 2.22. The molecular weight excluding hydrogens is 649 g/mol. The molecule has 246 valence electrons. The van der Waals surface area contributed by atoms with Crippen molar-refractivity contribution in [1.29, 1.82) is 0 Å². The molecule has 0 radical (unpaired) electrons. The molecule has 11 aromatic rings. The van der Waals surface area contributed by atoms with Gasteiger partial charge in [0.25, 0.3) is 0 Å². The first kappa shape index (κ1) is 28.5. The number of rotatable bonds is 3. The zero-order valence-electron chi connectivity index (χ0n) is 28.4. The van der Waals surface area contributed by atoms with Gasteiger partial charge in [-0.15, -0.1) is 0 Å². The molecule has 0 bridgehead atoms. The minimum absolute atomic E-state index is 0.638. The van der Waals surface area contributed by atoms with Crippen molar-refractivity contribution < 1.29 is 4.74 Å². The van der Waals surface area contributed by atoms with Crippen molar-refractivity contribution >= 4 is 65.3 Å². The largest absolute Gasteiger partial charge is 0.456 e. The van der Waals surface area contributed by atoms with Gasteiger partial charge in [-0.2, -0.15) is 0 Å². The molecule has 0 aliphatic carbocycles. The molecule has 3 aromatic heterocycles. The molecule has 0 atom stereocenters. The molecule has 8 aromatic carbocycles. The molecule has 5 nitrogen and oxygen atoms in total. The molecular formula is C48H28N4O. The van der Waals surface area contributed by atoms with Gasteiger partial charge in [0, 0.05) is 32.8 Å². The van der Waals surface area contributed by atoms with Crippen LogP contribution in [0.5, 0.6) is 11.5 Å². The van der Waals surface area contributed by atoms with Crippen LogP contribution in [-0.2, 0) is 0 Å². The maximum Gasteiger partial charge on any atom is 0.235 e. The summed E-state index contributed by atoms with van der Waals surface area (Å²) in [6.45, 7) is 0. The molecule has 0 fully saturated rings. The van der Waals surface area contributed by atoms with Crippen LogP contribution in [0, 0.1) is 0 Å². The molecule has 12 rings (SSSR count). The predicted molar refractivity (Wildman–Crippen MR) is 217 cm³/mol. The first-order valence-corrected chi connectivity index (χ1v) is 17.9. The smallest absolute Gasteiger partial charge is 0.235 e. The van der Waals surface area contributed by atoms with Crippen molar-refractivity contribution in [3.05, 3.63) is 170 Å². The van der Waals surface area contributed by atoms with Gasteiger partial charge in [-0.25, -0.2) is 9.97 Å². The van der Waals surface area contributed by atoms with Gasteiger partial charge < -0.3 is 9.30 Å². The molecule has 0 amide bonds. The maximum absolute atomic E-state index is 6.31. The molecule has 0 unspecified atom stereocenters. The van der Waals surface area contributed by atoms with Crippen molar-refractivity contribution in [2.45, 2.75) is 0 Å². The Bertz CT molecular complexity index is 3320. The third-order valence-corrected chi connectivity index (χ3v) is 10.9. The van der Waals surface area contributed by atoms with Gasteiger partial charge >= 0.3 is 0 Å². The van der Waals surface area contributed by atoms with E-state index >= 15 is 0 Å². The van der Waals surface area contributed by atoms with Gasteiger partial charge in [0.2, 0.25) is 5.95 Å². The van der Waals surface area contributed by atoms with E-state index in [2.05, 4.69) is 149 Å². The van der Waals surface area contributed by atoms with Crippen LogP contribution in [0.3, 0.4) is 0 Å². The summed E-state index contributed by atoms with van der Waals surface area (Å²) in [5, 5.41) is 8.11. The summed E-state index contributed by atoms with van der Waals surface area (Å²) in [4.78, 5) is 10.6. The number of benzene rings is 8. The number of fused-ring (bicyclic) bond motifs is 9. The Morgan fingerprint density at radius 3 is 1.91 bits per heavy atom. The van der Waals surface area contributed by atoms with Crippen molar-refractivity contribution in [3.63, 3.8) is 0 Å². The SMILES string of the molecule is c1ccc(-n2c3ccccc3c3cc(-c4ccc5c(c4)c4cc6ccccc6cc4n5-c4nc5c6c(cccc6n4)Oc4ccccc4-5)ccc32)cc1. The Hall–Kier alpha value is -7.24. The van der Waals surface area contributed by atoms with Crippen LogP contribution in [0.2, 0.25) is 0 Å². The van der Waals surface area contributed by atoms with Crippen molar-refractivity contribution in [1.82, 2.24) is 19.1 Å². The quantitative estimate of drug-likeness (QED) is 0.187. The van der Waals surface area contributed by atoms with E-state index in [1.165, 1.54) is 38.1 Å². The Morgan fingerprint density at radius 2 is 1.06 bits per heavy atom. The standard InChI is InChI=1S/C48H28N4O/c1-2-13-33(14-3-1)51-40-18-8-6-15-34(40)36-26-31(21-23-41(36)51)32-22-24-42-37(27-32)38-25-29-11-4-5-12-30(29)28-43(38)52(42)48-49-39-17-10-20-45-46(39)47(50-48)35-16-7-9-19-44(35)53-45/h1-28H. The average Bonchev–Trinajstić information content (AvgIpc) is 3.72. The minimum atomic E-state index is 0.638. The molecule has 0 saturated heterocycles. The molecule has 4 heterocycles. The molecule has 5 heteroatoms. The van der Waals surface area contributed by atoms with Crippen LogP contribution in [0.4, 0.5) is 0 Å². The second kappa shape index (κ2) is 10.6. The zero-order valence-corrected chi connectivity index (χ0v) is 28.4. The zero-order chi connectivity index (χ0) is 34.6. The lowest BCUT2D eigenvalue weighted by Crippen LogP contribution is -2.06. The summed E-state index contributed by atoms with van der Waals surface area (Å²) in [6, 6.07) is 60.3. The van der Waals surface area contributed by atoms with E-state index in [9.17, 15) is 0 Å². The van der Waals surface area contributed by atoms with E-state index in [1.54, 1.807) is 0 Å². The van der Waals surface area contributed by atoms with Gasteiger partial charge in [0.1, 0.15) is 11.5 Å². The summed E-state index contributed by atoms with van der Waals surface area (Å²) in [7, 11) is 0. The fourth-order valence-corrected chi connectivity index (χ4v) is 8.50. The van der Waals surface area contributed by atoms with E-state index in [0.717, 1.165) is 66.7 Å². The van der Waals surface area contributed by atoms with E-state index in [-0.39, 0.29) is 0 Å². The Kier molecular flexibility index (Phi) is 5.71. The first-order chi connectivity index (χ1) is 26.3. The molecule has 1 aliphatic rings. The van der Waals surface area contributed by atoms with E-state index in [0.29, 0.717) is 5.95 Å². The van der Waals surface area contributed by atoms with Crippen molar-refractivity contribution in [3.8, 4) is 45.5 Å². The number of ether oxygens (including phenoxy) is 1. The fraction of sp³-hybridized carbons (Fsp3) is 0. The lowest BCUT2D eigenvalue weighted by Gasteiger charge is -2.21. The van der Waals surface area contributed by atoms with Crippen LogP contribution in [-0.4, -0.2) is 19.1 Å². The second-order valence-electron chi connectivity index (χ2n) is 13.8. The van der Waals surface area contributed by atoms with Crippen LogP contribution in [0.1, 0.15) is 0 Å². The summed E-state index contributed by atoms with van der Waals surface area (Å²) >= 11 is 0. The minimum Gasteiger partial charge on any atom is -0.456 e. The average molecular weight is 677 g/mol. The second-order valence-corrected chi connectivity index (χ2v) is 13.8. The molecule has 0 N–H and O–H groups in total. The maximum atomic E-state index is 6.31. The first-order valence-electron chi connectivity index (χ1n) is 17.9. The molecule has 53 heavy (non-hydrogen) atoms. The third-order valence-electron chi connectivity index (χ3n) is 10.9. The number of hydrogen-bond donors (Lipinski definition) is 0. The normalized spacial score (nSPS) is 12.3. The number of aromatic nitrogens is 4. The Balaban J connectivity index is 1.11. The highest BCUT2D eigenvalue weighted by Crippen LogP contribution is 2.46. The van der Waals surface area contributed by atoms with Crippen LogP contribution >= 0.6 is 0 Å². The number of nitrogens with zero attached hydrogens (tertiary/aromatic N) is 4. The highest BCUT2D eigenvalue weighted by molar-refractivity contribution is 6.15. The Morgan fingerprint density at radius 1 is 0.415 bits per heavy atom. The van der Waals surface area contributed by atoms with Crippen molar-refractivity contribution in [2.24, 2.45) is 0 Å². The van der Waals surface area contributed by atoms with Gasteiger partial charge in [0.05, 0.1) is 38.7 Å². The van der Waals surface area contributed by atoms with E-state index < -0.39 is 0 Å². The number of hydrogen-bond acceptors (Lipinski definition) is 3.